The molecule has 1 aromatic rings. The topological polar surface area (TPSA) is 60.0 Å². The Balaban J connectivity index is 1.86. The summed E-state index contributed by atoms with van der Waals surface area (Å²) < 4.78 is 39.6. The number of carbonyl (C=O) groups is 1. The molecule has 9 heteroatoms. The Kier molecular flexibility index (Phi) is 4.62. The van der Waals surface area contributed by atoms with Crippen LogP contribution < -0.4 is 10.6 Å². The van der Waals surface area contributed by atoms with Crippen LogP contribution in [0.4, 0.5) is 24.5 Å². The fraction of sp³-hybridized carbons (Fsp3) is 0.368. The fourth-order valence-electron chi connectivity index (χ4n) is 3.60. The molecule has 3 aliphatic rings. The lowest BCUT2D eigenvalue weighted by Crippen LogP contribution is -2.53. The van der Waals surface area contributed by atoms with Crippen molar-refractivity contribution < 1.29 is 18.0 Å². The van der Waals surface area contributed by atoms with Gasteiger partial charge in [-0.2, -0.15) is 13.2 Å². The van der Waals surface area contributed by atoms with E-state index in [4.69, 9.17) is 4.99 Å². The molecule has 148 valence electrons. The standard InChI is InChI=1S/C19H20F3N5O/c1-12-11-23-8-10-26(12)16-13-5-4-9-27(18(28)19(20,21)22)17(13)25-15-7-3-2-6-14(15)24-16/h2-7,12,23,25H,8-11H2,1H3. The van der Waals surface area contributed by atoms with Crippen LogP contribution in [0.15, 0.2) is 52.8 Å². The zero-order valence-corrected chi connectivity index (χ0v) is 15.3. The first-order valence-corrected chi connectivity index (χ1v) is 9.08. The summed E-state index contributed by atoms with van der Waals surface area (Å²) in [6, 6.07) is 7.24. The highest BCUT2D eigenvalue weighted by molar-refractivity contribution is 6.06. The van der Waals surface area contributed by atoms with Crippen molar-refractivity contribution in [1.29, 1.82) is 0 Å². The number of amides is 1. The Morgan fingerprint density at radius 3 is 2.82 bits per heavy atom. The molecule has 0 saturated carbocycles. The molecular weight excluding hydrogens is 371 g/mol. The van der Waals surface area contributed by atoms with Crippen LogP contribution >= 0.6 is 0 Å². The van der Waals surface area contributed by atoms with Gasteiger partial charge in [0.15, 0.2) is 0 Å². The van der Waals surface area contributed by atoms with E-state index in [1.54, 1.807) is 30.4 Å². The van der Waals surface area contributed by atoms with Crippen molar-refractivity contribution in [2.24, 2.45) is 4.99 Å². The average Bonchev–Trinajstić information content (AvgIpc) is 2.83. The number of anilines is 1. The van der Waals surface area contributed by atoms with Gasteiger partial charge in [0.25, 0.3) is 0 Å². The second-order valence-corrected chi connectivity index (χ2v) is 6.90. The quantitative estimate of drug-likeness (QED) is 0.714. The second-order valence-electron chi connectivity index (χ2n) is 6.90. The van der Waals surface area contributed by atoms with Gasteiger partial charge >= 0.3 is 12.1 Å². The van der Waals surface area contributed by atoms with Gasteiger partial charge in [0.1, 0.15) is 11.7 Å². The molecule has 1 fully saturated rings. The maximum Gasteiger partial charge on any atom is 0.471 e. The van der Waals surface area contributed by atoms with Gasteiger partial charge in [-0.25, -0.2) is 4.99 Å². The summed E-state index contributed by atoms with van der Waals surface area (Å²) in [6.07, 6.45) is -1.67. The summed E-state index contributed by atoms with van der Waals surface area (Å²) >= 11 is 0. The van der Waals surface area contributed by atoms with Gasteiger partial charge < -0.3 is 15.5 Å². The lowest BCUT2D eigenvalue weighted by molar-refractivity contribution is -0.182. The van der Waals surface area contributed by atoms with Gasteiger partial charge in [-0.3, -0.25) is 9.69 Å². The lowest BCUT2D eigenvalue weighted by atomic mass is 10.1. The zero-order chi connectivity index (χ0) is 19.9. The summed E-state index contributed by atoms with van der Waals surface area (Å²) in [6.45, 7) is 4.03. The van der Waals surface area contributed by atoms with Gasteiger partial charge in [-0.1, -0.05) is 18.2 Å². The third kappa shape index (κ3) is 3.26. The molecule has 0 bridgehead atoms. The number of benzene rings is 1. The minimum Gasteiger partial charge on any atom is -0.351 e. The van der Waals surface area contributed by atoms with E-state index >= 15 is 0 Å². The molecule has 0 radical (unpaired) electrons. The van der Waals surface area contributed by atoms with E-state index in [2.05, 4.69) is 15.5 Å². The molecule has 3 heterocycles. The second kappa shape index (κ2) is 6.97. The Morgan fingerprint density at radius 2 is 2.07 bits per heavy atom. The minimum absolute atomic E-state index is 0.105. The highest BCUT2D eigenvalue weighted by Crippen LogP contribution is 2.35. The predicted molar refractivity (Wildman–Crippen MR) is 100 cm³/mol. The van der Waals surface area contributed by atoms with E-state index in [-0.39, 0.29) is 18.4 Å². The number of hydrogen-bond donors (Lipinski definition) is 2. The molecule has 1 atom stereocenters. The van der Waals surface area contributed by atoms with Crippen molar-refractivity contribution in [2.75, 3.05) is 31.5 Å². The average molecular weight is 391 g/mol. The largest absolute Gasteiger partial charge is 0.471 e. The Labute approximate surface area is 160 Å². The van der Waals surface area contributed by atoms with Crippen molar-refractivity contribution in [2.45, 2.75) is 19.1 Å². The van der Waals surface area contributed by atoms with Crippen molar-refractivity contribution >= 4 is 23.1 Å². The molecule has 0 aromatic heterocycles. The molecule has 3 aliphatic heterocycles. The van der Waals surface area contributed by atoms with Gasteiger partial charge in [-0.15, -0.1) is 0 Å². The van der Waals surface area contributed by atoms with Crippen LogP contribution in [0.5, 0.6) is 0 Å². The monoisotopic (exact) mass is 391 g/mol. The molecular formula is C19H20F3N5O. The SMILES string of the molecule is CC1CNCCN1C1=Nc2ccccc2NC2=C1C=CCN2C(=O)C(F)(F)F. The zero-order valence-electron chi connectivity index (χ0n) is 15.3. The van der Waals surface area contributed by atoms with Crippen molar-refractivity contribution in [1.82, 2.24) is 15.1 Å². The molecule has 1 amide bonds. The third-order valence-electron chi connectivity index (χ3n) is 4.98. The van der Waals surface area contributed by atoms with Gasteiger partial charge in [0, 0.05) is 32.2 Å². The van der Waals surface area contributed by atoms with Crippen LogP contribution in [-0.2, 0) is 4.79 Å². The number of nitrogens with zero attached hydrogens (tertiary/aromatic N) is 3. The van der Waals surface area contributed by atoms with Crippen LogP contribution in [0.3, 0.4) is 0 Å². The Hall–Kier alpha value is -2.81. The number of rotatable bonds is 0. The van der Waals surface area contributed by atoms with Crippen LogP contribution in [0.2, 0.25) is 0 Å². The number of alkyl halides is 3. The number of nitrogens with one attached hydrogen (secondary N) is 2. The number of halogens is 3. The number of fused-ring (bicyclic) bond motifs is 1. The highest BCUT2D eigenvalue weighted by atomic mass is 19.4. The molecule has 1 unspecified atom stereocenters. The molecule has 1 saturated heterocycles. The first-order valence-electron chi connectivity index (χ1n) is 9.08. The number of amidine groups is 1. The van der Waals surface area contributed by atoms with Crippen molar-refractivity contribution in [3.63, 3.8) is 0 Å². The highest BCUT2D eigenvalue weighted by Gasteiger charge is 2.45. The van der Waals surface area contributed by atoms with Gasteiger partial charge in [0.2, 0.25) is 0 Å². The molecule has 6 nitrogen and oxygen atoms in total. The Morgan fingerprint density at radius 1 is 1.29 bits per heavy atom. The van der Waals surface area contributed by atoms with Crippen LogP contribution in [-0.4, -0.2) is 59.9 Å². The third-order valence-corrected chi connectivity index (χ3v) is 4.98. The molecule has 0 aliphatic carbocycles. The maximum absolute atomic E-state index is 13.2. The van der Waals surface area contributed by atoms with E-state index in [1.165, 1.54) is 0 Å². The molecule has 1 aromatic carbocycles. The van der Waals surface area contributed by atoms with Crippen LogP contribution in [0.1, 0.15) is 6.92 Å². The molecule has 0 spiro atoms. The van der Waals surface area contributed by atoms with E-state index in [0.717, 1.165) is 18.0 Å². The van der Waals surface area contributed by atoms with E-state index in [0.29, 0.717) is 29.3 Å². The van der Waals surface area contributed by atoms with Gasteiger partial charge in [-0.05, 0) is 25.1 Å². The van der Waals surface area contributed by atoms with Crippen LogP contribution in [0.25, 0.3) is 0 Å². The van der Waals surface area contributed by atoms with E-state index in [9.17, 15) is 18.0 Å². The normalized spacial score (nSPS) is 22.1. The molecule has 4 rings (SSSR count). The first kappa shape index (κ1) is 18.5. The smallest absolute Gasteiger partial charge is 0.351 e. The first-order chi connectivity index (χ1) is 13.4. The summed E-state index contributed by atoms with van der Waals surface area (Å²) in [4.78, 5) is 19.7. The van der Waals surface area contributed by atoms with Crippen molar-refractivity contribution in [3.8, 4) is 0 Å². The van der Waals surface area contributed by atoms with E-state index in [1.807, 2.05) is 13.0 Å². The summed E-state index contributed by atoms with van der Waals surface area (Å²) in [7, 11) is 0. The summed E-state index contributed by atoms with van der Waals surface area (Å²) in [5.74, 6) is -1.22. The minimum atomic E-state index is -4.96. The van der Waals surface area contributed by atoms with Gasteiger partial charge in [0.05, 0.1) is 16.9 Å². The molecule has 28 heavy (non-hydrogen) atoms. The molecule has 2 N–H and O–H groups in total. The lowest BCUT2D eigenvalue weighted by Gasteiger charge is -2.38. The number of para-hydroxylation sites is 2. The Bertz CT molecular complexity index is 890. The van der Waals surface area contributed by atoms with E-state index < -0.39 is 12.1 Å². The fourth-order valence-corrected chi connectivity index (χ4v) is 3.60. The van der Waals surface area contributed by atoms with Crippen LogP contribution in [0, 0.1) is 0 Å². The number of aliphatic imine (C=N–C) groups is 1. The predicted octanol–water partition coefficient (Wildman–Crippen LogP) is 2.61. The number of carbonyl (C=O) groups excluding carboxylic acids is 1. The maximum atomic E-state index is 13.2. The summed E-state index contributed by atoms with van der Waals surface area (Å²) in [5.41, 5.74) is 1.65. The number of hydrogen-bond acceptors (Lipinski definition) is 5. The van der Waals surface area contributed by atoms with Crippen molar-refractivity contribution in [3.05, 3.63) is 47.8 Å². The summed E-state index contributed by atoms with van der Waals surface area (Å²) in [5, 5.41) is 6.32. The number of piperazine rings is 1.